The third-order valence-electron chi connectivity index (χ3n) is 7.86. The molecule has 1 N–H and O–H groups in total. The summed E-state index contributed by atoms with van der Waals surface area (Å²) in [5, 5.41) is 10.3. The monoisotopic (exact) mass is 565 g/mol. The van der Waals surface area contributed by atoms with Crippen LogP contribution in [-0.4, -0.2) is 89.9 Å². The van der Waals surface area contributed by atoms with Gasteiger partial charge in [0, 0.05) is 51.6 Å². The van der Waals surface area contributed by atoms with Crippen molar-refractivity contribution in [1.82, 2.24) is 19.4 Å². The topological polar surface area (TPSA) is 91.1 Å². The van der Waals surface area contributed by atoms with E-state index in [4.69, 9.17) is 4.74 Å². The Kier molecular flexibility index (Phi) is 9.15. The molecular formula is C27H41F2N5O4Si. The number of rotatable bonds is 11. The zero-order valence-corrected chi connectivity index (χ0v) is 24.4. The Hall–Kier alpha value is -2.73. The number of halogens is 2. The van der Waals surface area contributed by atoms with Crippen molar-refractivity contribution in [2.24, 2.45) is 5.92 Å². The van der Waals surface area contributed by atoms with Gasteiger partial charge in [-0.05, 0) is 50.6 Å². The molecular weight excluding hydrogens is 524 g/mol. The molecule has 1 saturated carbocycles. The molecule has 0 radical (unpaired) electrons. The van der Waals surface area contributed by atoms with Gasteiger partial charge in [0.1, 0.15) is 12.4 Å². The molecule has 0 saturated heterocycles. The van der Waals surface area contributed by atoms with Crippen LogP contribution in [0.5, 0.6) is 0 Å². The number of anilines is 1. The van der Waals surface area contributed by atoms with Crippen LogP contribution < -0.4 is 4.90 Å². The van der Waals surface area contributed by atoms with Gasteiger partial charge in [0.2, 0.25) is 0 Å². The quantitative estimate of drug-likeness (QED) is 0.290. The first-order valence-electron chi connectivity index (χ1n) is 13.9. The first-order chi connectivity index (χ1) is 18.5. The Morgan fingerprint density at radius 2 is 1.97 bits per heavy atom. The normalized spacial score (nSPS) is 20.1. The molecule has 0 bridgehead atoms. The summed E-state index contributed by atoms with van der Waals surface area (Å²) in [6, 6.07) is 3.24. The molecule has 2 amide bonds. The summed E-state index contributed by atoms with van der Waals surface area (Å²) >= 11 is 0. The number of fused-ring (bicyclic) bond motifs is 3. The van der Waals surface area contributed by atoms with E-state index in [0.29, 0.717) is 32.1 Å². The summed E-state index contributed by atoms with van der Waals surface area (Å²) < 4.78 is 33.7. The Morgan fingerprint density at radius 1 is 1.26 bits per heavy atom. The summed E-state index contributed by atoms with van der Waals surface area (Å²) in [5.41, 5.74) is 2.26. The lowest BCUT2D eigenvalue weighted by Crippen LogP contribution is -2.52. The molecule has 3 heterocycles. The number of carbonyl (C=O) groups is 2. The fraction of sp³-hybridized carbons (Fsp3) is 0.667. The highest BCUT2D eigenvalue weighted by atomic mass is 28.3. The third-order valence-corrected chi connectivity index (χ3v) is 9.57. The van der Waals surface area contributed by atoms with Gasteiger partial charge in [0.05, 0.1) is 24.5 Å². The predicted octanol–water partition coefficient (Wildman–Crippen LogP) is 5.39. The van der Waals surface area contributed by atoms with Gasteiger partial charge in [-0.2, -0.15) is 0 Å². The smallest absolute Gasteiger partial charge is 0.407 e. The third kappa shape index (κ3) is 6.89. The Morgan fingerprint density at radius 3 is 2.59 bits per heavy atom. The first kappa shape index (κ1) is 29.3. The lowest BCUT2D eigenvalue weighted by atomic mass is 9.84. The van der Waals surface area contributed by atoms with Crippen LogP contribution in [0, 0.1) is 5.92 Å². The molecule has 1 aliphatic heterocycles. The molecule has 39 heavy (non-hydrogen) atoms. The largest absolute Gasteiger partial charge is 0.465 e. The summed E-state index contributed by atoms with van der Waals surface area (Å²) in [6.45, 7) is 10.4. The molecule has 216 valence electrons. The van der Waals surface area contributed by atoms with Gasteiger partial charge in [-0.1, -0.05) is 19.6 Å². The van der Waals surface area contributed by atoms with Crippen LogP contribution in [0.25, 0.3) is 11.0 Å². The first-order valence-corrected chi connectivity index (χ1v) is 17.6. The number of hydrogen-bond acceptors (Lipinski definition) is 5. The molecule has 0 atom stereocenters. The number of pyridine rings is 1. The summed E-state index contributed by atoms with van der Waals surface area (Å²) in [4.78, 5) is 34.3. The molecule has 1 fully saturated rings. The molecule has 9 nitrogen and oxygen atoms in total. The minimum atomic E-state index is -2.69. The van der Waals surface area contributed by atoms with Crippen LogP contribution in [0.4, 0.5) is 19.3 Å². The fourth-order valence-electron chi connectivity index (χ4n) is 5.62. The maximum atomic E-state index is 13.3. The average Bonchev–Trinajstić information content (AvgIpc) is 3.29. The van der Waals surface area contributed by atoms with Gasteiger partial charge >= 0.3 is 6.09 Å². The van der Waals surface area contributed by atoms with Crippen LogP contribution >= 0.6 is 0 Å². The number of carbonyl (C=O) groups excluding carboxylic acids is 1. The second-order valence-electron chi connectivity index (χ2n) is 11.9. The summed E-state index contributed by atoms with van der Waals surface area (Å²) in [5.74, 6) is 0.00573. The summed E-state index contributed by atoms with van der Waals surface area (Å²) in [6.07, 6.45) is 2.71. The molecule has 2 aromatic rings. The Bertz CT molecular complexity index is 1160. The standard InChI is InChI=1S/C27H41F2N5O4Si/c1-5-31-17-34(20-8-6-19(7-9-20)15-33(27(36)37)16-23(28)29)24-21-10-11-32(18-38-12-13-39(2,3)4)25(21)30-14-22(24)26(31)35/h10-11,14,19-20,23H,5-9,12-13,15-18H2,1-4H3,(H,36,37)/t19-,20-. The molecule has 12 heteroatoms. The van der Waals surface area contributed by atoms with E-state index in [1.54, 1.807) is 6.20 Å². The number of amides is 2. The van der Waals surface area contributed by atoms with Crippen molar-refractivity contribution in [2.75, 3.05) is 37.8 Å². The van der Waals surface area contributed by atoms with Gasteiger partial charge in [0.25, 0.3) is 12.3 Å². The molecule has 1 aliphatic carbocycles. The number of hydrogen-bond donors (Lipinski definition) is 1. The van der Waals surface area contributed by atoms with Gasteiger partial charge in [-0.25, -0.2) is 18.6 Å². The molecule has 2 aromatic heterocycles. The van der Waals surface area contributed by atoms with Crippen molar-refractivity contribution >= 4 is 36.8 Å². The van der Waals surface area contributed by atoms with E-state index >= 15 is 0 Å². The van der Waals surface area contributed by atoms with Gasteiger partial charge in [-0.15, -0.1) is 0 Å². The molecule has 0 unspecified atom stereocenters. The van der Waals surface area contributed by atoms with Gasteiger partial charge < -0.3 is 29.1 Å². The van der Waals surface area contributed by atoms with E-state index in [1.807, 2.05) is 28.7 Å². The predicted molar refractivity (Wildman–Crippen MR) is 149 cm³/mol. The number of alkyl halides is 2. The highest BCUT2D eigenvalue weighted by Gasteiger charge is 2.37. The van der Waals surface area contributed by atoms with Crippen LogP contribution in [-0.2, 0) is 11.5 Å². The van der Waals surface area contributed by atoms with E-state index in [-0.39, 0.29) is 24.4 Å². The average molecular weight is 566 g/mol. The lowest BCUT2D eigenvalue weighted by molar-refractivity contribution is 0.0680. The lowest BCUT2D eigenvalue weighted by Gasteiger charge is -2.45. The van der Waals surface area contributed by atoms with Crippen LogP contribution in [0.15, 0.2) is 18.5 Å². The van der Waals surface area contributed by atoms with Crippen molar-refractivity contribution < 1.29 is 28.2 Å². The van der Waals surface area contributed by atoms with E-state index in [9.17, 15) is 23.5 Å². The Balaban J connectivity index is 1.52. The van der Waals surface area contributed by atoms with Crippen LogP contribution in [0.1, 0.15) is 43.0 Å². The van der Waals surface area contributed by atoms with Crippen LogP contribution in [0.3, 0.4) is 0 Å². The second-order valence-corrected chi connectivity index (χ2v) is 17.5. The summed E-state index contributed by atoms with van der Waals surface area (Å²) in [7, 11) is -1.19. The van der Waals surface area contributed by atoms with E-state index in [1.165, 1.54) is 0 Å². The molecule has 4 rings (SSSR count). The minimum absolute atomic E-state index is 0.0323. The van der Waals surface area contributed by atoms with Crippen molar-refractivity contribution in [3.05, 3.63) is 24.0 Å². The zero-order chi connectivity index (χ0) is 28.3. The number of aromatic nitrogens is 2. The number of ether oxygens (including phenoxy) is 1. The molecule has 2 aliphatic rings. The number of nitrogens with zero attached hydrogens (tertiary/aromatic N) is 5. The zero-order valence-electron chi connectivity index (χ0n) is 23.4. The van der Waals surface area contributed by atoms with E-state index in [2.05, 4.69) is 29.5 Å². The maximum Gasteiger partial charge on any atom is 0.407 e. The van der Waals surface area contributed by atoms with Crippen molar-refractivity contribution in [1.29, 1.82) is 0 Å². The highest BCUT2D eigenvalue weighted by molar-refractivity contribution is 6.76. The van der Waals surface area contributed by atoms with E-state index in [0.717, 1.165) is 53.3 Å². The van der Waals surface area contributed by atoms with Gasteiger partial charge in [-0.3, -0.25) is 4.79 Å². The molecule has 0 spiro atoms. The molecule has 0 aromatic carbocycles. The van der Waals surface area contributed by atoms with Crippen molar-refractivity contribution in [3.8, 4) is 0 Å². The van der Waals surface area contributed by atoms with Crippen molar-refractivity contribution in [3.63, 3.8) is 0 Å². The number of carboxylic acid groups (broad SMARTS) is 1. The van der Waals surface area contributed by atoms with Crippen LogP contribution in [0.2, 0.25) is 25.7 Å². The second kappa shape index (κ2) is 12.2. The minimum Gasteiger partial charge on any atom is -0.465 e. The van der Waals surface area contributed by atoms with Crippen molar-refractivity contribution in [2.45, 2.75) is 77.5 Å². The highest BCUT2D eigenvalue weighted by Crippen LogP contribution is 2.39. The Labute approximate surface area is 229 Å². The fourth-order valence-corrected chi connectivity index (χ4v) is 6.37. The SMILES string of the molecule is CCN1CN([C@H]2CC[C@H](CN(CC(F)F)C(=O)O)CC2)c2c(cnc3c2ccn3COCC[Si](C)(C)C)C1=O. The van der Waals surface area contributed by atoms with Gasteiger partial charge in [0.15, 0.2) is 0 Å². The van der Waals surface area contributed by atoms with E-state index < -0.39 is 27.1 Å². The maximum absolute atomic E-state index is 13.3.